The maximum atomic E-state index is 5.60. The molecule has 15 heavy (non-hydrogen) atoms. The monoisotopic (exact) mass is 204 g/mol. The molecule has 2 nitrogen and oxygen atoms in total. The zero-order valence-electron chi connectivity index (χ0n) is 9.45. The molecule has 3 heteroatoms. The molecule has 1 aromatic rings. The predicted octanol–water partition coefficient (Wildman–Crippen LogP) is 2.08. The Kier molecular flexibility index (Phi) is 5.26. The Morgan fingerprint density at radius 1 is 1.20 bits per heavy atom. The zero-order valence-corrected chi connectivity index (χ0v) is 9.45. The van der Waals surface area contributed by atoms with E-state index in [1.54, 1.807) is 7.11 Å². The molecule has 0 aliphatic carbocycles. The number of hydrogen-bond donors (Lipinski definition) is 0. The summed E-state index contributed by atoms with van der Waals surface area (Å²) in [6.07, 6.45) is 1.46. The fourth-order valence-electron chi connectivity index (χ4n) is 1.42. The third-order valence-electron chi connectivity index (χ3n) is 2.11. The van der Waals surface area contributed by atoms with Gasteiger partial charge >= 0.3 is 0 Å². The lowest BCUT2D eigenvalue weighted by Gasteiger charge is -2.08. The normalized spacial score (nSPS) is 10.3. The number of hydrogen-bond acceptors (Lipinski definition) is 2. The van der Waals surface area contributed by atoms with Crippen molar-refractivity contribution in [1.82, 2.24) is 0 Å². The van der Waals surface area contributed by atoms with Gasteiger partial charge in [-0.1, -0.05) is 17.9 Å². The quantitative estimate of drug-likeness (QED) is 0.521. The van der Waals surface area contributed by atoms with E-state index in [-0.39, 0.29) is 0 Å². The average molecular weight is 204 g/mol. The molecule has 0 heterocycles. The molecule has 2 radical (unpaired) electrons. The second-order valence-corrected chi connectivity index (χ2v) is 3.55. The van der Waals surface area contributed by atoms with Crippen LogP contribution < -0.4 is 4.74 Å². The van der Waals surface area contributed by atoms with Crippen LogP contribution in [-0.2, 0) is 11.1 Å². The van der Waals surface area contributed by atoms with Gasteiger partial charge in [0.05, 0.1) is 14.5 Å². The summed E-state index contributed by atoms with van der Waals surface area (Å²) < 4.78 is 10.5. The van der Waals surface area contributed by atoms with Gasteiger partial charge in [0.1, 0.15) is 5.75 Å². The Labute approximate surface area is 93.0 Å². The second-order valence-electron chi connectivity index (χ2n) is 3.55. The molecule has 0 saturated heterocycles. The van der Waals surface area contributed by atoms with E-state index < -0.39 is 0 Å². The van der Waals surface area contributed by atoms with E-state index in [1.165, 1.54) is 5.56 Å². The topological polar surface area (TPSA) is 18.5 Å². The van der Waals surface area contributed by atoms with Crippen molar-refractivity contribution in [2.24, 2.45) is 0 Å². The zero-order chi connectivity index (χ0) is 11.1. The molecule has 0 spiro atoms. The summed E-state index contributed by atoms with van der Waals surface area (Å²) in [5.74, 6) is 0.895. The first kappa shape index (κ1) is 12.1. The van der Waals surface area contributed by atoms with Crippen molar-refractivity contribution in [1.29, 1.82) is 0 Å². The van der Waals surface area contributed by atoms with Crippen molar-refractivity contribution in [3.8, 4) is 5.75 Å². The largest absolute Gasteiger partial charge is 0.493 e. The van der Waals surface area contributed by atoms with Crippen LogP contribution in [0.15, 0.2) is 18.2 Å². The molecular formula is C12H17BO2. The first-order chi connectivity index (χ1) is 7.26. The van der Waals surface area contributed by atoms with E-state index in [1.807, 2.05) is 19.1 Å². The van der Waals surface area contributed by atoms with E-state index in [2.05, 4.69) is 6.07 Å². The summed E-state index contributed by atoms with van der Waals surface area (Å²) in [6.45, 7) is 3.46. The Morgan fingerprint density at radius 2 is 2.00 bits per heavy atom. The third-order valence-corrected chi connectivity index (χ3v) is 2.11. The molecule has 80 valence electrons. The fraction of sp³-hybridized carbons (Fsp3) is 0.500. The molecule has 1 aromatic carbocycles. The van der Waals surface area contributed by atoms with Crippen LogP contribution in [0.2, 0.25) is 0 Å². The molecule has 0 N–H and O–H groups in total. The molecule has 0 aliphatic rings. The van der Waals surface area contributed by atoms with Gasteiger partial charge in [-0.05, 0) is 24.6 Å². The lowest BCUT2D eigenvalue weighted by atomic mass is 9.95. The maximum Gasteiger partial charge on any atom is 0.119 e. The van der Waals surface area contributed by atoms with Crippen LogP contribution in [0.5, 0.6) is 5.75 Å². The number of aryl methyl sites for hydroxylation is 1. The van der Waals surface area contributed by atoms with Crippen LogP contribution in [0, 0.1) is 6.92 Å². The van der Waals surface area contributed by atoms with Crippen LogP contribution in [-0.4, -0.2) is 28.2 Å². The summed E-state index contributed by atoms with van der Waals surface area (Å²) in [5.41, 5.74) is 2.29. The second kappa shape index (κ2) is 6.51. The molecular weight excluding hydrogens is 187 g/mol. The smallest absolute Gasteiger partial charge is 0.119 e. The van der Waals surface area contributed by atoms with Gasteiger partial charge in [-0.25, -0.2) is 0 Å². The summed E-state index contributed by atoms with van der Waals surface area (Å²) in [7, 11) is 7.28. The van der Waals surface area contributed by atoms with Crippen LogP contribution in [0.4, 0.5) is 0 Å². The summed E-state index contributed by atoms with van der Waals surface area (Å²) in [6, 6.07) is 6.08. The van der Waals surface area contributed by atoms with Crippen LogP contribution in [0.3, 0.4) is 0 Å². The molecule has 0 atom stereocenters. The van der Waals surface area contributed by atoms with Gasteiger partial charge in [0.15, 0.2) is 0 Å². The van der Waals surface area contributed by atoms with E-state index in [9.17, 15) is 0 Å². The summed E-state index contributed by atoms with van der Waals surface area (Å²) in [4.78, 5) is 0. The van der Waals surface area contributed by atoms with E-state index in [4.69, 9.17) is 17.3 Å². The Balaban J connectivity index is 2.49. The van der Waals surface area contributed by atoms with Gasteiger partial charge in [-0.15, -0.1) is 0 Å². The number of rotatable bonds is 6. The van der Waals surface area contributed by atoms with Crippen molar-refractivity contribution in [3.05, 3.63) is 29.3 Å². The minimum atomic E-state index is 0.552. The molecule has 0 aromatic heterocycles. The predicted molar refractivity (Wildman–Crippen MR) is 62.6 cm³/mol. The van der Waals surface area contributed by atoms with Gasteiger partial charge in [-0.2, -0.15) is 0 Å². The Hall–Kier alpha value is -0.955. The lowest BCUT2D eigenvalue weighted by molar-refractivity contribution is 0.172. The molecule has 0 aliphatic heterocycles. The van der Waals surface area contributed by atoms with Gasteiger partial charge in [0.25, 0.3) is 0 Å². The SMILES string of the molecule is [B]Cc1cc(C)cc(OCCCOC)c1. The minimum absolute atomic E-state index is 0.552. The lowest BCUT2D eigenvalue weighted by Crippen LogP contribution is -2.02. The van der Waals surface area contributed by atoms with Crippen LogP contribution in [0.1, 0.15) is 17.5 Å². The molecule has 0 fully saturated rings. The van der Waals surface area contributed by atoms with Crippen LogP contribution >= 0.6 is 0 Å². The first-order valence-corrected chi connectivity index (χ1v) is 5.18. The highest BCUT2D eigenvalue weighted by Gasteiger charge is 1.98. The summed E-state index contributed by atoms with van der Waals surface area (Å²) >= 11 is 0. The fourth-order valence-corrected chi connectivity index (χ4v) is 1.42. The molecule has 0 bridgehead atoms. The third kappa shape index (κ3) is 4.39. The molecule has 0 saturated carbocycles. The highest BCUT2D eigenvalue weighted by Crippen LogP contribution is 2.16. The Morgan fingerprint density at radius 3 is 2.67 bits per heavy atom. The number of methoxy groups -OCH3 is 1. The van der Waals surface area contributed by atoms with Crippen molar-refractivity contribution in [3.63, 3.8) is 0 Å². The van der Waals surface area contributed by atoms with Gasteiger partial charge in [-0.3, -0.25) is 0 Å². The first-order valence-electron chi connectivity index (χ1n) is 5.18. The average Bonchev–Trinajstić information content (AvgIpc) is 2.23. The minimum Gasteiger partial charge on any atom is -0.493 e. The standard InChI is InChI=1S/C12H17BO2/c1-10-6-11(9-13)8-12(7-10)15-5-3-4-14-2/h6-8H,3-5,9H2,1-2H3. The molecule has 0 unspecified atom stereocenters. The van der Waals surface area contributed by atoms with Crippen molar-refractivity contribution >= 4 is 7.85 Å². The van der Waals surface area contributed by atoms with E-state index in [0.717, 1.165) is 24.3 Å². The number of benzene rings is 1. The highest BCUT2D eigenvalue weighted by atomic mass is 16.5. The maximum absolute atomic E-state index is 5.60. The van der Waals surface area contributed by atoms with Crippen LogP contribution in [0.25, 0.3) is 0 Å². The molecule has 1 rings (SSSR count). The van der Waals surface area contributed by atoms with Gasteiger partial charge in [0, 0.05) is 20.1 Å². The van der Waals surface area contributed by atoms with Crippen molar-refractivity contribution < 1.29 is 9.47 Å². The highest BCUT2D eigenvalue weighted by molar-refractivity contribution is 6.08. The Bertz CT molecular complexity index is 300. The summed E-state index contributed by atoms with van der Waals surface area (Å²) in [5, 5.41) is 0. The van der Waals surface area contributed by atoms with E-state index in [0.29, 0.717) is 12.9 Å². The van der Waals surface area contributed by atoms with Crippen molar-refractivity contribution in [2.75, 3.05) is 20.3 Å². The number of ether oxygens (including phenoxy) is 2. The van der Waals surface area contributed by atoms with Gasteiger partial charge in [0.2, 0.25) is 0 Å². The van der Waals surface area contributed by atoms with E-state index >= 15 is 0 Å². The van der Waals surface area contributed by atoms with Crippen molar-refractivity contribution in [2.45, 2.75) is 19.7 Å². The molecule has 0 amide bonds. The van der Waals surface area contributed by atoms with Gasteiger partial charge < -0.3 is 9.47 Å².